The van der Waals surface area contributed by atoms with Crippen LogP contribution < -0.4 is 10.1 Å². The van der Waals surface area contributed by atoms with Gasteiger partial charge in [-0.2, -0.15) is 13.2 Å². The van der Waals surface area contributed by atoms with Crippen LogP contribution in [-0.2, 0) is 5.60 Å². The molecule has 3 unspecified atom stereocenters. The first-order chi connectivity index (χ1) is 16.9. The Morgan fingerprint density at radius 2 is 2.08 bits per heavy atom. The molecule has 3 atom stereocenters. The molecule has 4 rings (SSSR count). The maximum atomic E-state index is 14.3. The number of nitrogens with zero attached hydrogens (tertiary/aromatic N) is 1. The normalized spacial score (nSPS) is 21.2. The molecule has 0 bridgehead atoms. The Bertz CT molecular complexity index is 1120. The van der Waals surface area contributed by atoms with Gasteiger partial charge < -0.3 is 25.1 Å². The van der Waals surface area contributed by atoms with Crippen LogP contribution in [0.4, 0.5) is 13.2 Å². The Balaban J connectivity index is 1.90. The Morgan fingerprint density at radius 3 is 2.67 bits per heavy atom. The van der Waals surface area contributed by atoms with Crippen molar-refractivity contribution in [2.24, 2.45) is 5.92 Å². The van der Waals surface area contributed by atoms with Gasteiger partial charge in [-0.25, -0.2) is 0 Å². The molecule has 10 heteroatoms. The van der Waals surface area contributed by atoms with Gasteiger partial charge in [-0.15, -0.1) is 6.58 Å². The molecule has 1 fully saturated rings. The van der Waals surface area contributed by atoms with Crippen LogP contribution in [0.1, 0.15) is 63.2 Å². The molecule has 0 amide bonds. The maximum Gasteiger partial charge on any atom is 0.404 e. The monoisotopic (exact) mass is 525 g/mol. The average molecular weight is 526 g/mol. The fraction of sp³-hybridized carbons (Fsp3) is 0.538. The number of alkyl halides is 3. The number of benzene rings is 1. The minimum absolute atomic E-state index is 0.0825. The molecule has 1 saturated carbocycles. The number of halogens is 4. The SMILES string of the molecule is C=CCCC1(CC2CC2)Oc2cccc(Cl)c2-c2noc(C(C=N)C(NCC(C)(C)O)C(F)(F)F)c21. The summed E-state index contributed by atoms with van der Waals surface area (Å²) in [7, 11) is 0. The summed E-state index contributed by atoms with van der Waals surface area (Å²) >= 11 is 6.50. The number of nitrogens with one attached hydrogen (secondary N) is 2. The number of allylic oxidation sites excluding steroid dienone is 1. The molecular formula is C26H31ClF3N3O3. The summed E-state index contributed by atoms with van der Waals surface area (Å²) in [6, 6.07) is 3.00. The van der Waals surface area contributed by atoms with E-state index in [0.717, 1.165) is 12.8 Å². The van der Waals surface area contributed by atoms with Gasteiger partial charge in [0.05, 0.1) is 27.7 Å². The van der Waals surface area contributed by atoms with Crippen LogP contribution in [0.15, 0.2) is 35.4 Å². The van der Waals surface area contributed by atoms with E-state index in [1.54, 1.807) is 24.3 Å². The molecule has 1 aliphatic carbocycles. The summed E-state index contributed by atoms with van der Waals surface area (Å²) in [4.78, 5) is 0. The lowest BCUT2D eigenvalue weighted by Gasteiger charge is -2.40. The summed E-state index contributed by atoms with van der Waals surface area (Å²) in [5, 5.41) is 25.0. The third-order valence-corrected chi connectivity index (χ3v) is 7.02. The number of rotatable bonds is 11. The first-order valence-electron chi connectivity index (χ1n) is 12.0. The van der Waals surface area contributed by atoms with Crippen molar-refractivity contribution in [1.29, 1.82) is 5.41 Å². The van der Waals surface area contributed by atoms with E-state index in [1.807, 2.05) is 0 Å². The summed E-state index contributed by atoms with van der Waals surface area (Å²) in [5.74, 6) is -0.769. The van der Waals surface area contributed by atoms with Gasteiger partial charge in [0.25, 0.3) is 0 Å². The minimum atomic E-state index is -4.74. The van der Waals surface area contributed by atoms with Gasteiger partial charge in [-0.05, 0) is 51.2 Å². The highest BCUT2D eigenvalue weighted by atomic mass is 35.5. The fourth-order valence-corrected chi connectivity index (χ4v) is 5.15. The third-order valence-electron chi connectivity index (χ3n) is 6.71. The molecule has 0 saturated heterocycles. The summed E-state index contributed by atoms with van der Waals surface area (Å²) in [6.45, 7) is 6.30. The molecule has 196 valence electrons. The van der Waals surface area contributed by atoms with E-state index in [4.69, 9.17) is 26.3 Å². The van der Waals surface area contributed by atoms with Gasteiger partial charge in [-0.3, -0.25) is 0 Å². The molecule has 36 heavy (non-hydrogen) atoms. The van der Waals surface area contributed by atoms with Gasteiger partial charge in [0.1, 0.15) is 23.1 Å². The lowest BCUT2D eigenvalue weighted by Crippen LogP contribution is -2.51. The topological polar surface area (TPSA) is 91.4 Å². The zero-order chi connectivity index (χ0) is 26.3. The van der Waals surface area contributed by atoms with Crippen molar-refractivity contribution < 1.29 is 27.5 Å². The van der Waals surface area contributed by atoms with E-state index in [-0.39, 0.29) is 12.3 Å². The number of fused-ring (bicyclic) bond motifs is 3. The quantitative estimate of drug-likeness (QED) is 0.234. The Kier molecular flexibility index (Phi) is 7.29. The first kappa shape index (κ1) is 26.7. The van der Waals surface area contributed by atoms with Crippen LogP contribution >= 0.6 is 11.6 Å². The van der Waals surface area contributed by atoms with Gasteiger partial charge >= 0.3 is 6.18 Å². The van der Waals surface area contributed by atoms with Crippen molar-refractivity contribution in [3.63, 3.8) is 0 Å². The number of aromatic nitrogens is 1. The van der Waals surface area contributed by atoms with Crippen LogP contribution in [0.3, 0.4) is 0 Å². The first-order valence-corrected chi connectivity index (χ1v) is 12.4. The van der Waals surface area contributed by atoms with Gasteiger partial charge in [0.2, 0.25) is 0 Å². The Hall–Kier alpha value is -2.36. The summed E-state index contributed by atoms with van der Waals surface area (Å²) in [5.41, 5.74) is -1.19. The van der Waals surface area contributed by atoms with Crippen molar-refractivity contribution in [3.8, 4) is 17.0 Å². The lowest BCUT2D eigenvalue weighted by atomic mass is 9.77. The highest BCUT2D eigenvalue weighted by molar-refractivity contribution is 6.33. The fourth-order valence-electron chi connectivity index (χ4n) is 4.90. The Morgan fingerprint density at radius 1 is 1.36 bits per heavy atom. The van der Waals surface area contributed by atoms with Crippen LogP contribution in [-0.4, -0.2) is 40.8 Å². The molecule has 0 spiro atoms. The highest BCUT2D eigenvalue weighted by Crippen LogP contribution is 2.56. The number of hydrogen-bond donors (Lipinski definition) is 3. The van der Waals surface area contributed by atoms with Crippen LogP contribution in [0, 0.1) is 11.3 Å². The largest absolute Gasteiger partial charge is 0.482 e. The van der Waals surface area contributed by atoms with Crippen LogP contribution in [0.25, 0.3) is 11.3 Å². The smallest absolute Gasteiger partial charge is 0.404 e. The zero-order valence-electron chi connectivity index (χ0n) is 20.3. The third kappa shape index (κ3) is 5.33. The minimum Gasteiger partial charge on any atom is -0.482 e. The summed E-state index contributed by atoms with van der Waals surface area (Å²) in [6.07, 6.45) is 1.32. The molecule has 1 aliphatic heterocycles. The van der Waals surface area contributed by atoms with Crippen molar-refractivity contribution in [2.75, 3.05) is 6.54 Å². The second kappa shape index (κ2) is 9.84. The molecule has 2 heterocycles. The molecule has 1 aromatic heterocycles. The number of aliphatic hydroxyl groups is 1. The number of hydrogen-bond acceptors (Lipinski definition) is 6. The van der Waals surface area contributed by atoms with E-state index in [1.165, 1.54) is 13.8 Å². The zero-order valence-corrected chi connectivity index (χ0v) is 21.0. The lowest BCUT2D eigenvalue weighted by molar-refractivity contribution is -0.160. The molecule has 2 aliphatic rings. The van der Waals surface area contributed by atoms with E-state index >= 15 is 0 Å². The molecular weight excluding hydrogens is 495 g/mol. The van der Waals surface area contributed by atoms with Gasteiger partial charge in [0.15, 0.2) is 5.76 Å². The maximum absolute atomic E-state index is 14.3. The molecule has 0 radical (unpaired) electrons. The van der Waals surface area contributed by atoms with Crippen molar-refractivity contribution >= 4 is 17.8 Å². The van der Waals surface area contributed by atoms with Crippen LogP contribution in [0.5, 0.6) is 5.75 Å². The van der Waals surface area contributed by atoms with Crippen molar-refractivity contribution in [2.45, 2.75) is 75.3 Å². The van der Waals surface area contributed by atoms with E-state index < -0.39 is 29.3 Å². The number of ether oxygens (including phenoxy) is 1. The average Bonchev–Trinajstić information content (AvgIpc) is 3.48. The second-order valence-corrected chi connectivity index (χ2v) is 10.8. The molecule has 6 nitrogen and oxygen atoms in total. The summed E-state index contributed by atoms with van der Waals surface area (Å²) < 4.78 is 55.2. The van der Waals surface area contributed by atoms with E-state index in [9.17, 15) is 18.3 Å². The second-order valence-electron chi connectivity index (χ2n) is 10.4. The van der Waals surface area contributed by atoms with Crippen molar-refractivity contribution in [3.05, 3.63) is 47.2 Å². The molecule has 1 aromatic carbocycles. The van der Waals surface area contributed by atoms with Gasteiger partial charge in [-0.1, -0.05) is 41.7 Å². The predicted molar refractivity (Wildman–Crippen MR) is 132 cm³/mol. The van der Waals surface area contributed by atoms with Crippen molar-refractivity contribution in [1.82, 2.24) is 10.5 Å². The molecule has 3 N–H and O–H groups in total. The van der Waals surface area contributed by atoms with E-state index in [2.05, 4.69) is 17.1 Å². The Labute approximate surface area is 213 Å². The predicted octanol–water partition coefficient (Wildman–Crippen LogP) is 6.37. The van der Waals surface area contributed by atoms with E-state index in [0.29, 0.717) is 59.0 Å². The molecule has 2 aromatic rings. The highest BCUT2D eigenvalue weighted by Gasteiger charge is 2.53. The standard InChI is InChI=1S/C26H31ClF3N3O3/c1-4-5-11-25(12-15-9-10-15)20-21(19-17(27)7-6-8-18(19)35-25)33-36-22(20)16(13-31)23(26(28,29)30)32-14-24(2,3)34/h4,6-8,13,15-16,23,31-32,34H,1,5,9-12,14H2,2-3H3. The van der Waals surface area contributed by atoms with Crippen LogP contribution in [0.2, 0.25) is 5.02 Å². The van der Waals surface area contributed by atoms with Gasteiger partial charge in [0, 0.05) is 12.8 Å².